The summed E-state index contributed by atoms with van der Waals surface area (Å²) in [6.07, 6.45) is 9.30. The van der Waals surface area contributed by atoms with E-state index in [4.69, 9.17) is 4.74 Å². The maximum Gasteiger partial charge on any atom is 0.357 e. The Hall–Kier alpha value is -3.08. The van der Waals surface area contributed by atoms with Gasteiger partial charge in [-0.05, 0) is 23.1 Å². The molecule has 5 nitrogen and oxygen atoms in total. The van der Waals surface area contributed by atoms with E-state index in [2.05, 4.69) is 0 Å². The van der Waals surface area contributed by atoms with E-state index in [0.717, 1.165) is 12.5 Å². The van der Waals surface area contributed by atoms with Crippen molar-refractivity contribution in [1.29, 1.82) is 0 Å². The maximum atomic E-state index is 12.1. The lowest BCUT2D eigenvalue weighted by molar-refractivity contribution is -0.172. The summed E-state index contributed by atoms with van der Waals surface area (Å²) in [7, 11) is 0. The Balaban J connectivity index is 2.54. The zero-order valence-corrected chi connectivity index (χ0v) is 15.9. The van der Waals surface area contributed by atoms with Crippen LogP contribution in [-0.2, 0) is 25.3 Å². The molecule has 0 heterocycles. The summed E-state index contributed by atoms with van der Waals surface area (Å²) in [4.78, 5) is 23.8. The number of aliphatic carboxylic acids is 1. The van der Waals surface area contributed by atoms with Crippen LogP contribution in [0.15, 0.2) is 72.1 Å². The number of carboxylic acid groups (broad SMARTS) is 1. The van der Waals surface area contributed by atoms with Gasteiger partial charge in [0.1, 0.15) is 5.76 Å². The van der Waals surface area contributed by atoms with Crippen molar-refractivity contribution in [3.63, 3.8) is 0 Å². The van der Waals surface area contributed by atoms with Crippen molar-refractivity contribution in [3.05, 3.63) is 83.2 Å². The molecule has 0 bridgehead atoms. The smallest absolute Gasteiger partial charge is 0.357 e. The summed E-state index contributed by atoms with van der Waals surface area (Å²) in [5, 5.41) is 20.1. The molecule has 1 aliphatic rings. The van der Waals surface area contributed by atoms with Crippen LogP contribution in [0.2, 0.25) is 0 Å². The average molecular weight is 368 g/mol. The zero-order valence-electron chi connectivity index (χ0n) is 15.9. The number of benzene rings is 1. The molecule has 0 radical (unpaired) electrons. The summed E-state index contributed by atoms with van der Waals surface area (Å²) in [6.45, 7) is 7.29. The van der Waals surface area contributed by atoms with E-state index in [1.54, 1.807) is 36.4 Å². The number of carbonyl (C=O) groups excluding carboxylic acids is 1. The zero-order chi connectivity index (χ0) is 20.2. The molecule has 0 saturated carbocycles. The van der Waals surface area contributed by atoms with Crippen LogP contribution in [0.1, 0.15) is 38.8 Å². The fourth-order valence-corrected chi connectivity index (χ4v) is 2.71. The molecule has 0 amide bonds. The Morgan fingerprint density at radius 3 is 1.93 bits per heavy atom. The van der Waals surface area contributed by atoms with Gasteiger partial charge in [0, 0.05) is 18.1 Å². The second kappa shape index (κ2) is 7.66. The number of hydrogen-bond acceptors (Lipinski definition) is 4. The van der Waals surface area contributed by atoms with E-state index in [9.17, 15) is 19.8 Å². The molecule has 0 fully saturated rings. The summed E-state index contributed by atoms with van der Waals surface area (Å²) in [6, 6.07) is 6.87. The number of rotatable bonds is 5. The number of carboxylic acids is 1. The number of aliphatic hydroxyl groups is 1. The molecule has 1 aromatic rings. The predicted octanol–water partition coefficient (Wildman–Crippen LogP) is 4.32. The van der Waals surface area contributed by atoms with Crippen molar-refractivity contribution < 1.29 is 24.5 Å². The fraction of sp³-hybridized carbons (Fsp3) is 0.273. The normalized spacial score (nSPS) is 15.8. The standard InChI is InChI=1S/C22H24O5/c1-15(23)27-22(20(25)26,14-13-19(24)16-7-5-6-8-16)18-11-9-17(10-12-18)21(2,3)4/h5-14,24H,1-4H3,(H,25,26)/b14-13+. The van der Waals surface area contributed by atoms with Crippen LogP contribution in [0.4, 0.5) is 0 Å². The van der Waals surface area contributed by atoms with E-state index in [1.165, 1.54) is 12.2 Å². The molecule has 0 spiro atoms. The second-order valence-corrected chi connectivity index (χ2v) is 7.35. The van der Waals surface area contributed by atoms with Gasteiger partial charge >= 0.3 is 11.9 Å². The second-order valence-electron chi connectivity index (χ2n) is 7.35. The quantitative estimate of drug-likeness (QED) is 0.597. The van der Waals surface area contributed by atoms with E-state index in [1.807, 2.05) is 32.9 Å². The molecule has 1 aliphatic carbocycles. The molecular formula is C22H24O5. The van der Waals surface area contributed by atoms with Gasteiger partial charge in [-0.2, -0.15) is 0 Å². The van der Waals surface area contributed by atoms with Crippen LogP contribution in [0.5, 0.6) is 0 Å². The van der Waals surface area contributed by atoms with Gasteiger partial charge in [0.2, 0.25) is 0 Å². The third-order valence-corrected chi connectivity index (χ3v) is 4.24. The largest absolute Gasteiger partial charge is 0.507 e. The van der Waals surface area contributed by atoms with Gasteiger partial charge in [-0.3, -0.25) is 4.79 Å². The molecule has 27 heavy (non-hydrogen) atoms. The van der Waals surface area contributed by atoms with Crippen LogP contribution in [-0.4, -0.2) is 22.2 Å². The first-order chi connectivity index (χ1) is 12.6. The highest BCUT2D eigenvalue weighted by Gasteiger charge is 2.42. The average Bonchev–Trinajstić information content (AvgIpc) is 3.11. The first-order valence-electron chi connectivity index (χ1n) is 8.57. The van der Waals surface area contributed by atoms with E-state index in [-0.39, 0.29) is 16.7 Å². The van der Waals surface area contributed by atoms with Gasteiger partial charge in [0.25, 0.3) is 5.60 Å². The van der Waals surface area contributed by atoms with Crippen LogP contribution < -0.4 is 0 Å². The van der Waals surface area contributed by atoms with Gasteiger partial charge in [0.15, 0.2) is 0 Å². The minimum atomic E-state index is -2.04. The Labute approximate surface area is 159 Å². The number of aliphatic hydroxyl groups excluding tert-OH is 1. The lowest BCUT2D eigenvalue weighted by atomic mass is 9.84. The molecule has 5 heteroatoms. The minimum absolute atomic E-state index is 0.106. The van der Waals surface area contributed by atoms with Crippen molar-refractivity contribution in [2.45, 2.75) is 38.7 Å². The Kier molecular flexibility index (Phi) is 5.74. The molecule has 1 unspecified atom stereocenters. The Bertz CT molecular complexity index is 834. The maximum absolute atomic E-state index is 12.1. The molecule has 1 atom stereocenters. The number of esters is 1. The predicted molar refractivity (Wildman–Crippen MR) is 103 cm³/mol. The van der Waals surface area contributed by atoms with Gasteiger partial charge in [0.05, 0.1) is 0 Å². The summed E-state index contributed by atoms with van der Waals surface area (Å²) >= 11 is 0. The van der Waals surface area contributed by atoms with Crippen LogP contribution in [0.25, 0.3) is 0 Å². The van der Waals surface area contributed by atoms with Crippen molar-refractivity contribution in [1.82, 2.24) is 0 Å². The highest BCUT2D eigenvalue weighted by molar-refractivity contribution is 5.85. The third-order valence-electron chi connectivity index (χ3n) is 4.24. The van der Waals surface area contributed by atoms with Crippen molar-refractivity contribution in [3.8, 4) is 0 Å². The SMILES string of the molecule is CC(=O)OC(/C=C/C(O)=C1C=CC=C1)(C(=O)O)c1ccc(C(C)(C)C)cc1. The van der Waals surface area contributed by atoms with Crippen molar-refractivity contribution >= 4 is 11.9 Å². The van der Waals surface area contributed by atoms with Gasteiger partial charge in [-0.1, -0.05) is 69.3 Å². The van der Waals surface area contributed by atoms with E-state index < -0.39 is 17.5 Å². The lowest BCUT2D eigenvalue weighted by Gasteiger charge is -2.27. The van der Waals surface area contributed by atoms with Crippen molar-refractivity contribution in [2.75, 3.05) is 0 Å². The molecule has 2 N–H and O–H groups in total. The lowest BCUT2D eigenvalue weighted by Crippen LogP contribution is -2.38. The Morgan fingerprint density at radius 2 is 1.48 bits per heavy atom. The highest BCUT2D eigenvalue weighted by atomic mass is 16.6. The van der Waals surface area contributed by atoms with Crippen LogP contribution in [0.3, 0.4) is 0 Å². The van der Waals surface area contributed by atoms with E-state index in [0.29, 0.717) is 5.57 Å². The topological polar surface area (TPSA) is 83.8 Å². The number of carbonyl (C=O) groups is 2. The van der Waals surface area contributed by atoms with Crippen molar-refractivity contribution in [2.24, 2.45) is 0 Å². The molecular weight excluding hydrogens is 344 g/mol. The summed E-state index contributed by atoms with van der Waals surface area (Å²) in [5.41, 5.74) is -0.307. The van der Waals surface area contributed by atoms with Crippen LogP contribution >= 0.6 is 0 Å². The first kappa shape index (κ1) is 20.2. The van der Waals surface area contributed by atoms with E-state index >= 15 is 0 Å². The minimum Gasteiger partial charge on any atom is -0.507 e. The number of ether oxygens (including phenoxy) is 1. The number of allylic oxidation sites excluding steroid dienone is 6. The molecule has 0 aromatic heterocycles. The fourth-order valence-electron chi connectivity index (χ4n) is 2.71. The Morgan fingerprint density at radius 1 is 0.963 bits per heavy atom. The highest BCUT2D eigenvalue weighted by Crippen LogP contribution is 2.32. The molecule has 0 aliphatic heterocycles. The molecule has 142 valence electrons. The summed E-state index contributed by atoms with van der Waals surface area (Å²) in [5.74, 6) is -2.22. The molecule has 1 aromatic carbocycles. The van der Waals surface area contributed by atoms with Gasteiger partial charge < -0.3 is 14.9 Å². The third kappa shape index (κ3) is 4.56. The molecule has 0 saturated heterocycles. The monoisotopic (exact) mass is 368 g/mol. The number of hydrogen-bond donors (Lipinski definition) is 2. The molecule has 2 rings (SSSR count). The first-order valence-corrected chi connectivity index (χ1v) is 8.57. The van der Waals surface area contributed by atoms with Gasteiger partial charge in [-0.15, -0.1) is 0 Å². The van der Waals surface area contributed by atoms with Gasteiger partial charge in [-0.25, -0.2) is 4.79 Å². The van der Waals surface area contributed by atoms with Crippen LogP contribution in [0, 0.1) is 0 Å². The summed E-state index contributed by atoms with van der Waals surface area (Å²) < 4.78 is 5.23.